The maximum Gasteiger partial charge on any atom is 0.395 e. The molecule has 2 aromatic rings. The van der Waals surface area contributed by atoms with E-state index >= 15 is 4.39 Å². The van der Waals surface area contributed by atoms with E-state index in [2.05, 4.69) is 4.74 Å². The molecule has 6 atom stereocenters. The number of H-pyrrole nitrogens is 1. The maximum absolute atomic E-state index is 15.3. The van der Waals surface area contributed by atoms with Crippen LogP contribution in [0, 0.1) is 6.92 Å². The first-order valence-corrected chi connectivity index (χ1v) is 11.2. The molecule has 14 heteroatoms. The van der Waals surface area contributed by atoms with E-state index in [1.54, 1.807) is 13.0 Å². The molecular weight excluding hydrogens is 476 g/mol. The van der Waals surface area contributed by atoms with Crippen molar-refractivity contribution < 1.29 is 38.3 Å². The summed E-state index contributed by atoms with van der Waals surface area (Å²) in [5, 5.41) is 19.3. The molecule has 12 nitrogen and oxygen atoms in total. The molecular formula is C20H23FN3O9P. The Labute approximate surface area is 193 Å². The fourth-order valence-corrected chi connectivity index (χ4v) is 3.95. The third-order valence-corrected chi connectivity index (χ3v) is 6.09. The van der Waals surface area contributed by atoms with Crippen LogP contribution in [0.3, 0.4) is 0 Å². The summed E-state index contributed by atoms with van der Waals surface area (Å²) >= 11 is 0. The molecule has 0 saturated carbocycles. The normalized spacial score (nSPS) is 25.7. The number of alkyl halides is 1. The van der Waals surface area contributed by atoms with Gasteiger partial charge in [0.1, 0.15) is 24.6 Å². The third-order valence-electron chi connectivity index (χ3n) is 5.19. The van der Waals surface area contributed by atoms with Gasteiger partial charge in [-0.15, -0.1) is 0 Å². The number of aromatic amines is 1. The van der Waals surface area contributed by atoms with Crippen LogP contribution in [0.25, 0.3) is 0 Å². The van der Waals surface area contributed by atoms with Crippen molar-refractivity contribution in [3.63, 3.8) is 0 Å². The molecule has 1 saturated heterocycles. The summed E-state index contributed by atoms with van der Waals surface area (Å²) < 4.78 is 36.0. The van der Waals surface area contributed by atoms with Gasteiger partial charge in [0.25, 0.3) is 5.56 Å². The predicted molar refractivity (Wildman–Crippen MR) is 115 cm³/mol. The minimum Gasteiger partial charge on any atom is -0.575 e. The number of carbonyl (C=O) groups is 1. The Morgan fingerprint density at radius 2 is 2.15 bits per heavy atom. The zero-order chi connectivity index (χ0) is 25.2. The average molecular weight is 499 g/mol. The highest BCUT2D eigenvalue weighted by Gasteiger charge is 2.55. The quantitative estimate of drug-likeness (QED) is 0.440. The summed E-state index contributed by atoms with van der Waals surface area (Å²) in [5.74, 6) is -0.922. The Morgan fingerprint density at radius 3 is 2.79 bits per heavy atom. The number of hydrogen-bond donors (Lipinski definition) is 3. The van der Waals surface area contributed by atoms with Crippen molar-refractivity contribution in [3.8, 4) is 11.5 Å². The largest absolute Gasteiger partial charge is 0.575 e. The number of nitrogens with one attached hydrogen (secondary N) is 1. The molecule has 3 rings (SSSR count). The van der Waals surface area contributed by atoms with E-state index in [0.29, 0.717) is 5.56 Å². The Bertz CT molecular complexity index is 1210. The Hall–Kier alpha value is -3.12. The summed E-state index contributed by atoms with van der Waals surface area (Å²) in [7, 11) is -2.66. The number of hydrogen-bond acceptors (Lipinski definition) is 9. The molecule has 1 aromatic carbocycles. The minimum absolute atomic E-state index is 0.0870. The number of aliphatic carboxylic acids is 1. The number of ether oxygens (including phenoxy) is 2. The first-order chi connectivity index (χ1) is 15.9. The molecule has 1 fully saturated rings. The number of carboxylic acids is 1. The van der Waals surface area contributed by atoms with Gasteiger partial charge < -0.3 is 24.6 Å². The van der Waals surface area contributed by atoms with E-state index in [1.807, 2.05) is 4.98 Å². The number of halogens is 1. The van der Waals surface area contributed by atoms with Crippen molar-refractivity contribution in [2.45, 2.75) is 50.9 Å². The number of aromatic nitrogens is 2. The summed E-state index contributed by atoms with van der Waals surface area (Å²) in [6.07, 6.45) is -3.28. The molecule has 1 aliphatic rings. The van der Waals surface area contributed by atoms with Crippen LogP contribution in [-0.4, -0.2) is 56.3 Å². The van der Waals surface area contributed by atoms with Gasteiger partial charge >= 0.3 is 19.8 Å². The van der Waals surface area contributed by atoms with Gasteiger partial charge in [0, 0.05) is 18.3 Å². The fraction of sp³-hybridized carbons (Fsp3) is 0.450. The summed E-state index contributed by atoms with van der Waals surface area (Å²) in [6, 6.07) is 4.25. The predicted octanol–water partition coefficient (Wildman–Crippen LogP) is 0.618. The monoisotopic (exact) mass is 499 g/mol. The van der Waals surface area contributed by atoms with Gasteiger partial charge in [-0.2, -0.15) is 0 Å². The second-order valence-corrected chi connectivity index (χ2v) is 8.73. The van der Waals surface area contributed by atoms with Crippen molar-refractivity contribution in [2.75, 3.05) is 6.61 Å². The van der Waals surface area contributed by atoms with E-state index in [9.17, 15) is 24.4 Å². The number of aryl methyl sites for hydroxylation is 1. The van der Waals surface area contributed by atoms with E-state index in [0.717, 1.165) is 23.8 Å². The summed E-state index contributed by atoms with van der Waals surface area (Å²) in [4.78, 5) is 48.1. The summed E-state index contributed by atoms with van der Waals surface area (Å²) in [5.41, 5.74) is -3.31. The smallest absolute Gasteiger partial charge is 0.395 e. The van der Waals surface area contributed by atoms with Crippen molar-refractivity contribution in [1.82, 2.24) is 9.55 Å². The van der Waals surface area contributed by atoms with E-state index in [4.69, 9.17) is 19.1 Å². The van der Waals surface area contributed by atoms with Crippen LogP contribution in [-0.2, 0) is 9.53 Å². The maximum atomic E-state index is 15.3. The number of aliphatic hydroxyl groups excluding tert-OH is 1. The molecule has 0 radical (unpaired) electrons. The molecule has 2 heterocycles. The van der Waals surface area contributed by atoms with Gasteiger partial charge in [-0.3, -0.25) is 18.9 Å². The molecule has 184 valence electrons. The van der Waals surface area contributed by atoms with Gasteiger partial charge in [0.05, 0.1) is 0 Å². The van der Waals surface area contributed by atoms with Crippen LogP contribution in [0.5, 0.6) is 11.5 Å². The van der Waals surface area contributed by atoms with Gasteiger partial charge in [-0.05, 0) is 32.4 Å². The topological polar surface area (TPSA) is 175 Å². The van der Waals surface area contributed by atoms with Crippen LogP contribution in [0.2, 0.25) is 0 Å². The van der Waals surface area contributed by atoms with Crippen molar-refractivity contribution in [3.05, 3.63) is 56.9 Å². The number of carboxylic acid groups (broad SMARTS) is 1. The van der Waals surface area contributed by atoms with Crippen LogP contribution in [0.1, 0.15) is 25.6 Å². The van der Waals surface area contributed by atoms with Crippen molar-refractivity contribution >= 4 is 14.1 Å². The summed E-state index contributed by atoms with van der Waals surface area (Å²) in [6.45, 7) is 3.70. The zero-order valence-electron chi connectivity index (χ0n) is 18.4. The highest BCUT2D eigenvalue weighted by atomic mass is 31.1. The van der Waals surface area contributed by atoms with Crippen LogP contribution >= 0.6 is 8.17 Å². The number of aliphatic hydroxyl groups is 1. The van der Waals surface area contributed by atoms with Crippen molar-refractivity contribution in [2.24, 2.45) is 4.74 Å². The molecule has 0 aliphatic carbocycles. The van der Waals surface area contributed by atoms with E-state index in [-0.39, 0.29) is 18.1 Å². The molecule has 0 bridgehead atoms. The Kier molecular flexibility index (Phi) is 7.51. The molecule has 1 aliphatic heterocycles. The van der Waals surface area contributed by atoms with Crippen molar-refractivity contribution in [1.29, 1.82) is 0 Å². The number of nitrogens with zero attached hydrogens (tertiary/aromatic N) is 2. The van der Waals surface area contributed by atoms with Crippen LogP contribution in [0.4, 0.5) is 4.39 Å². The van der Waals surface area contributed by atoms with Gasteiger partial charge in [-0.1, -0.05) is 10.8 Å². The Morgan fingerprint density at radius 1 is 1.44 bits per heavy atom. The average Bonchev–Trinajstić information content (AvgIpc) is 2.97. The molecule has 0 spiro atoms. The lowest BCUT2D eigenvalue weighted by atomic mass is 9.98. The first-order valence-electron chi connectivity index (χ1n) is 10.1. The standard InChI is InChI=1S/C20H23FN3O9P/c1-10-4-5-12(33-34(30)23-11(2)17(27)28)8-13(10)31-9-14-16(26)20(3,21)18(32-14)24-7-6-15(25)22-19(24)29/h4-8,11,14,16,18,26H,9H2,1-3H3,(H,27,28)(H,22,25,29)/t11-,14+,16+,18+,20+/m0/s1. The molecule has 1 aromatic heterocycles. The van der Waals surface area contributed by atoms with E-state index in [1.165, 1.54) is 19.1 Å². The van der Waals surface area contributed by atoms with E-state index < -0.39 is 55.5 Å². The van der Waals surface area contributed by atoms with Gasteiger partial charge in [0.15, 0.2) is 23.7 Å². The molecule has 1 unspecified atom stereocenters. The zero-order valence-corrected chi connectivity index (χ0v) is 19.3. The van der Waals surface area contributed by atoms with Gasteiger partial charge in [-0.25, -0.2) is 14.0 Å². The number of rotatable bonds is 8. The lowest BCUT2D eigenvalue weighted by molar-refractivity contribution is -0.169. The second kappa shape index (κ2) is 10.0. The highest BCUT2D eigenvalue weighted by molar-refractivity contribution is 7.34. The lowest BCUT2D eigenvalue weighted by Crippen LogP contribution is -2.43. The van der Waals surface area contributed by atoms with Crippen LogP contribution < -0.4 is 25.4 Å². The minimum atomic E-state index is -2.66. The van der Waals surface area contributed by atoms with Crippen LogP contribution in [0.15, 0.2) is 44.8 Å². The Balaban J connectivity index is 1.73. The first kappa shape index (κ1) is 25.5. The molecule has 3 N–H and O–H groups in total. The number of benzene rings is 1. The lowest BCUT2D eigenvalue weighted by Gasteiger charge is -2.24. The third kappa shape index (κ3) is 5.50. The molecule has 0 amide bonds. The van der Waals surface area contributed by atoms with Gasteiger partial charge in [0.2, 0.25) is 0 Å². The second-order valence-electron chi connectivity index (χ2n) is 7.84. The fourth-order valence-electron chi connectivity index (χ4n) is 3.23. The highest BCUT2D eigenvalue weighted by Crippen LogP contribution is 2.41. The molecule has 34 heavy (non-hydrogen) atoms. The SMILES string of the molecule is Cc1ccc(O[P+]([O-])=N[C@@H](C)C(=O)O)cc1OC[C@H]1O[C@@H](n2ccc(=O)[nH]c2=O)[C@](C)(F)[C@@H]1O.